The van der Waals surface area contributed by atoms with Crippen molar-refractivity contribution in [3.8, 4) is 0 Å². The molecule has 0 radical (unpaired) electrons. The van der Waals surface area contributed by atoms with E-state index in [0.717, 1.165) is 32.1 Å². The molecule has 0 spiro atoms. The van der Waals surface area contributed by atoms with E-state index in [-0.39, 0.29) is 16.1 Å². The van der Waals surface area contributed by atoms with Gasteiger partial charge in [-0.15, -0.1) is 11.6 Å². The minimum atomic E-state index is -1.09. The summed E-state index contributed by atoms with van der Waals surface area (Å²) < 4.78 is 0. The molecule has 0 bridgehead atoms. The molecular weight excluding hydrogens is 248 g/mol. The molecule has 3 aliphatic carbocycles. The molecule has 0 aromatic rings. The van der Waals surface area contributed by atoms with Gasteiger partial charge < -0.3 is 5.11 Å². The molecule has 3 aliphatic rings. The first-order valence-electron chi connectivity index (χ1n) is 7.37. The van der Waals surface area contributed by atoms with E-state index in [1.807, 2.05) is 0 Å². The summed E-state index contributed by atoms with van der Waals surface area (Å²) in [5.74, 6) is 0.379. The monoisotopic (exact) mass is 270 g/mol. The number of aliphatic hydroxyl groups is 1. The topological polar surface area (TPSA) is 37.3 Å². The molecule has 102 valence electrons. The van der Waals surface area contributed by atoms with Gasteiger partial charge in [-0.2, -0.15) is 0 Å². The van der Waals surface area contributed by atoms with Crippen LogP contribution in [0.1, 0.15) is 64.7 Å². The Morgan fingerprint density at radius 2 is 1.94 bits per heavy atom. The zero-order valence-corrected chi connectivity index (χ0v) is 11.9. The van der Waals surface area contributed by atoms with Gasteiger partial charge in [0.05, 0.1) is 0 Å². The van der Waals surface area contributed by atoms with Crippen LogP contribution >= 0.6 is 11.6 Å². The van der Waals surface area contributed by atoms with Gasteiger partial charge in [0.2, 0.25) is 0 Å². The molecular formula is C15H23ClO2. The molecule has 0 saturated heterocycles. The van der Waals surface area contributed by atoms with Crippen molar-refractivity contribution >= 4 is 17.4 Å². The van der Waals surface area contributed by atoms with Crippen molar-refractivity contribution in [2.45, 2.75) is 75.2 Å². The van der Waals surface area contributed by atoms with Crippen molar-refractivity contribution in [1.82, 2.24) is 0 Å². The van der Waals surface area contributed by atoms with Crippen LogP contribution in [0.15, 0.2) is 0 Å². The summed E-state index contributed by atoms with van der Waals surface area (Å²) in [6.45, 7) is 2.12. The van der Waals surface area contributed by atoms with E-state index in [0.29, 0.717) is 18.8 Å². The van der Waals surface area contributed by atoms with Gasteiger partial charge in [-0.1, -0.05) is 19.8 Å². The molecule has 0 aromatic heterocycles. The zero-order chi connectivity index (χ0) is 13.0. The van der Waals surface area contributed by atoms with Crippen LogP contribution < -0.4 is 0 Å². The Morgan fingerprint density at radius 3 is 2.72 bits per heavy atom. The molecule has 3 heteroatoms. The van der Waals surface area contributed by atoms with Crippen LogP contribution in [0.2, 0.25) is 0 Å². The minimum absolute atomic E-state index is 0.0699. The number of Topliss-reactive ketones (excluding diaryl/α,β-unsaturated/α-hetero) is 1. The third kappa shape index (κ3) is 1.48. The van der Waals surface area contributed by atoms with E-state index in [4.69, 9.17) is 11.6 Å². The Bertz CT molecular complexity index is 383. The Balaban J connectivity index is 2.03. The number of ketones is 1. The van der Waals surface area contributed by atoms with E-state index >= 15 is 0 Å². The van der Waals surface area contributed by atoms with Crippen molar-refractivity contribution in [2.75, 3.05) is 0 Å². The highest BCUT2D eigenvalue weighted by molar-refractivity contribution is 6.24. The van der Waals surface area contributed by atoms with E-state index in [2.05, 4.69) is 6.92 Å². The summed E-state index contributed by atoms with van der Waals surface area (Å²) in [6.07, 6.45) is 8.32. The second kappa shape index (κ2) is 3.96. The summed E-state index contributed by atoms with van der Waals surface area (Å²) in [6, 6.07) is 0. The molecule has 2 unspecified atom stereocenters. The lowest BCUT2D eigenvalue weighted by molar-refractivity contribution is -0.187. The fourth-order valence-electron chi connectivity index (χ4n) is 5.01. The summed E-state index contributed by atoms with van der Waals surface area (Å²) in [5, 5.41) is 11.0. The van der Waals surface area contributed by atoms with Crippen LogP contribution in [0.25, 0.3) is 0 Å². The highest BCUT2D eigenvalue weighted by Gasteiger charge is 2.65. The molecule has 18 heavy (non-hydrogen) atoms. The number of carbonyl (C=O) groups is 1. The largest absolute Gasteiger partial charge is 0.381 e. The standard InChI is InChI=1S/C15H23ClO2/c1-13-7-4-6-12(17)15(13,18)10-9-14(16)8-3-2-5-11(13)14/h11,18H,2-10H2,1H3/t11?,13-,14?,15+/m1/s1. The normalized spacial score (nSPS) is 52.6. The molecule has 3 saturated carbocycles. The number of rotatable bonds is 0. The Kier molecular flexibility index (Phi) is 2.84. The first-order chi connectivity index (χ1) is 8.42. The van der Waals surface area contributed by atoms with Crippen LogP contribution in [0.4, 0.5) is 0 Å². The van der Waals surface area contributed by atoms with Crippen molar-refractivity contribution in [1.29, 1.82) is 0 Å². The van der Waals surface area contributed by atoms with Crippen LogP contribution in [0.5, 0.6) is 0 Å². The van der Waals surface area contributed by atoms with Crippen LogP contribution in [0.3, 0.4) is 0 Å². The molecule has 3 rings (SSSR count). The zero-order valence-electron chi connectivity index (χ0n) is 11.2. The van der Waals surface area contributed by atoms with Crippen LogP contribution in [-0.2, 0) is 4.79 Å². The van der Waals surface area contributed by atoms with E-state index in [1.165, 1.54) is 12.8 Å². The fraction of sp³-hybridized carbons (Fsp3) is 0.933. The lowest BCUT2D eigenvalue weighted by Crippen LogP contribution is -2.66. The molecule has 0 amide bonds. The number of fused-ring (bicyclic) bond motifs is 3. The second-order valence-corrected chi connectivity index (χ2v) is 7.64. The van der Waals surface area contributed by atoms with Crippen LogP contribution in [0, 0.1) is 11.3 Å². The van der Waals surface area contributed by atoms with Crippen molar-refractivity contribution in [3.63, 3.8) is 0 Å². The number of carbonyl (C=O) groups excluding carboxylic acids is 1. The van der Waals surface area contributed by atoms with Gasteiger partial charge in [0, 0.05) is 16.7 Å². The lowest BCUT2D eigenvalue weighted by Gasteiger charge is -2.61. The third-order valence-electron chi connectivity index (χ3n) is 6.14. The number of alkyl halides is 1. The second-order valence-electron chi connectivity index (χ2n) is 6.89. The molecule has 1 N–H and O–H groups in total. The molecule has 0 heterocycles. The number of halogens is 1. The Morgan fingerprint density at radius 1 is 1.17 bits per heavy atom. The Labute approximate surface area is 114 Å². The van der Waals surface area contributed by atoms with Crippen molar-refractivity contribution < 1.29 is 9.90 Å². The highest BCUT2D eigenvalue weighted by atomic mass is 35.5. The predicted octanol–water partition coefficient (Wildman–Crippen LogP) is 3.44. The molecule has 0 aromatic carbocycles. The number of hydrogen-bond acceptors (Lipinski definition) is 2. The van der Waals surface area contributed by atoms with E-state index in [9.17, 15) is 9.90 Å². The summed E-state index contributed by atoms with van der Waals surface area (Å²) in [4.78, 5) is 12.1. The fourth-order valence-corrected chi connectivity index (χ4v) is 5.59. The van der Waals surface area contributed by atoms with Gasteiger partial charge in [0.15, 0.2) is 5.78 Å². The maximum atomic E-state index is 12.2. The van der Waals surface area contributed by atoms with E-state index < -0.39 is 5.60 Å². The molecule has 2 nitrogen and oxygen atoms in total. The van der Waals surface area contributed by atoms with Crippen molar-refractivity contribution in [3.05, 3.63) is 0 Å². The van der Waals surface area contributed by atoms with Crippen LogP contribution in [-0.4, -0.2) is 21.4 Å². The SMILES string of the molecule is C[C@]12CCCC(=O)[C@@]1(O)CCC1(Cl)CCCCC12. The van der Waals surface area contributed by atoms with Gasteiger partial charge in [-0.05, 0) is 44.4 Å². The smallest absolute Gasteiger partial charge is 0.164 e. The highest BCUT2D eigenvalue weighted by Crippen LogP contribution is 2.63. The van der Waals surface area contributed by atoms with E-state index in [1.54, 1.807) is 0 Å². The first-order valence-corrected chi connectivity index (χ1v) is 7.75. The van der Waals surface area contributed by atoms with Gasteiger partial charge in [0.1, 0.15) is 5.60 Å². The third-order valence-corrected chi connectivity index (χ3v) is 6.78. The summed E-state index contributed by atoms with van der Waals surface area (Å²) in [5.41, 5.74) is -1.38. The Hall–Kier alpha value is -0.0800. The molecule has 3 fully saturated rings. The average molecular weight is 271 g/mol. The van der Waals surface area contributed by atoms with Gasteiger partial charge in [-0.3, -0.25) is 4.79 Å². The lowest BCUT2D eigenvalue weighted by atomic mass is 9.47. The van der Waals surface area contributed by atoms with Gasteiger partial charge >= 0.3 is 0 Å². The molecule has 4 atom stereocenters. The van der Waals surface area contributed by atoms with Crippen molar-refractivity contribution in [2.24, 2.45) is 11.3 Å². The maximum absolute atomic E-state index is 12.2. The average Bonchev–Trinajstić information content (AvgIpc) is 2.33. The maximum Gasteiger partial charge on any atom is 0.164 e. The first kappa shape index (κ1) is 12.9. The van der Waals surface area contributed by atoms with Gasteiger partial charge in [-0.25, -0.2) is 0 Å². The predicted molar refractivity (Wildman–Crippen MR) is 71.7 cm³/mol. The number of hydrogen-bond donors (Lipinski definition) is 1. The summed E-state index contributed by atoms with van der Waals surface area (Å²) in [7, 11) is 0. The minimum Gasteiger partial charge on any atom is -0.381 e. The quantitative estimate of drug-likeness (QED) is 0.685. The van der Waals surface area contributed by atoms with Gasteiger partial charge in [0.25, 0.3) is 0 Å². The summed E-state index contributed by atoms with van der Waals surface area (Å²) >= 11 is 6.87. The molecule has 0 aliphatic heterocycles.